The van der Waals surface area contributed by atoms with Gasteiger partial charge in [0.05, 0.1) is 19.8 Å². The zero-order valence-corrected chi connectivity index (χ0v) is 15.5. The van der Waals surface area contributed by atoms with Crippen LogP contribution >= 0.6 is 0 Å². The number of aliphatic hydroxyl groups excluding tert-OH is 1. The van der Waals surface area contributed by atoms with Crippen LogP contribution in [-0.4, -0.2) is 84.9 Å². The van der Waals surface area contributed by atoms with Crippen molar-refractivity contribution in [1.29, 1.82) is 0 Å². The molecule has 2 heterocycles. The Morgan fingerprint density at radius 2 is 1.84 bits per heavy atom. The quantitative estimate of drug-likeness (QED) is 0.745. The van der Waals surface area contributed by atoms with E-state index in [4.69, 9.17) is 4.74 Å². The third-order valence-corrected chi connectivity index (χ3v) is 6.36. The van der Waals surface area contributed by atoms with E-state index in [1.807, 2.05) is 0 Å². The van der Waals surface area contributed by atoms with Crippen LogP contribution in [0.3, 0.4) is 0 Å². The van der Waals surface area contributed by atoms with Crippen LogP contribution in [0.1, 0.15) is 51.4 Å². The van der Waals surface area contributed by atoms with E-state index in [-0.39, 0.29) is 24.1 Å². The summed E-state index contributed by atoms with van der Waals surface area (Å²) in [6, 6.07) is 0.272. The summed E-state index contributed by atoms with van der Waals surface area (Å²) in [6.07, 6.45) is 8.94. The largest absolute Gasteiger partial charge is 0.395 e. The average molecular weight is 354 g/mol. The lowest BCUT2D eigenvalue weighted by atomic mass is 9.79. The molecule has 1 saturated carbocycles. The second kappa shape index (κ2) is 9.31. The Labute approximate surface area is 151 Å². The van der Waals surface area contributed by atoms with Crippen molar-refractivity contribution in [2.75, 3.05) is 52.5 Å². The van der Waals surface area contributed by atoms with Crippen molar-refractivity contribution in [1.82, 2.24) is 15.1 Å². The molecule has 2 saturated heterocycles. The fourth-order valence-electron chi connectivity index (χ4n) is 4.85. The molecule has 1 aliphatic carbocycles. The maximum Gasteiger partial charge on any atom is 0.240 e. The van der Waals surface area contributed by atoms with Gasteiger partial charge in [-0.15, -0.1) is 0 Å². The van der Waals surface area contributed by atoms with E-state index in [0.29, 0.717) is 6.54 Å². The molecular formula is C19H35N3O3. The first kappa shape index (κ1) is 19.1. The minimum absolute atomic E-state index is 0.214. The highest BCUT2D eigenvalue weighted by Gasteiger charge is 2.44. The van der Waals surface area contributed by atoms with Gasteiger partial charge in [-0.05, 0) is 32.2 Å². The molecule has 3 fully saturated rings. The highest BCUT2D eigenvalue weighted by Crippen LogP contribution is 2.34. The lowest BCUT2D eigenvalue weighted by Gasteiger charge is -2.46. The number of piperidine rings is 1. The van der Waals surface area contributed by atoms with Crippen LogP contribution < -0.4 is 5.32 Å². The van der Waals surface area contributed by atoms with E-state index < -0.39 is 0 Å². The van der Waals surface area contributed by atoms with Crippen molar-refractivity contribution >= 4 is 5.91 Å². The molecule has 2 N–H and O–H groups in total. The molecule has 25 heavy (non-hydrogen) atoms. The van der Waals surface area contributed by atoms with Crippen LogP contribution in [0.4, 0.5) is 0 Å². The number of ether oxygens (including phenoxy) is 1. The summed E-state index contributed by atoms with van der Waals surface area (Å²) in [4.78, 5) is 17.9. The van der Waals surface area contributed by atoms with Crippen molar-refractivity contribution < 1.29 is 14.6 Å². The standard InChI is InChI=1S/C19H35N3O3/c23-16-17-6-2-5-10-21(17)11-9-20-18(24)19(7-3-1-4-8-19)22-12-14-25-15-13-22/h17,23H,1-16H2,(H,20,24)/t17-/m1/s1. The third-order valence-electron chi connectivity index (χ3n) is 6.36. The van der Waals surface area contributed by atoms with Crippen LogP contribution in [0.5, 0.6) is 0 Å². The first-order chi connectivity index (χ1) is 12.3. The Bertz CT molecular complexity index is 420. The zero-order valence-electron chi connectivity index (χ0n) is 15.5. The molecule has 0 bridgehead atoms. The summed E-state index contributed by atoms with van der Waals surface area (Å²) in [5.74, 6) is 0.214. The van der Waals surface area contributed by atoms with Crippen LogP contribution in [0.25, 0.3) is 0 Å². The van der Waals surface area contributed by atoms with E-state index in [9.17, 15) is 9.90 Å². The Balaban J connectivity index is 1.55. The van der Waals surface area contributed by atoms with Gasteiger partial charge in [-0.1, -0.05) is 25.7 Å². The summed E-state index contributed by atoms with van der Waals surface area (Å²) >= 11 is 0. The predicted molar refractivity (Wildman–Crippen MR) is 97.5 cm³/mol. The number of rotatable bonds is 6. The van der Waals surface area contributed by atoms with Gasteiger partial charge in [0.25, 0.3) is 0 Å². The van der Waals surface area contributed by atoms with E-state index in [1.165, 1.54) is 19.3 Å². The summed E-state index contributed by atoms with van der Waals surface area (Å²) in [5.41, 5.74) is -0.319. The number of carbonyl (C=O) groups excluding carboxylic acids is 1. The van der Waals surface area contributed by atoms with Gasteiger partial charge < -0.3 is 15.2 Å². The molecule has 6 nitrogen and oxygen atoms in total. The van der Waals surface area contributed by atoms with Crippen LogP contribution in [-0.2, 0) is 9.53 Å². The lowest BCUT2D eigenvalue weighted by Crippen LogP contribution is -2.62. The van der Waals surface area contributed by atoms with E-state index in [0.717, 1.165) is 71.5 Å². The SMILES string of the molecule is O=C(NCCN1CCCC[C@@H]1CO)C1(N2CCOCC2)CCCCC1. The summed E-state index contributed by atoms with van der Waals surface area (Å²) in [5, 5.41) is 12.8. The maximum atomic E-state index is 13.2. The number of hydrogen-bond donors (Lipinski definition) is 2. The second-order valence-electron chi connectivity index (χ2n) is 7.82. The molecule has 3 aliphatic rings. The molecule has 2 aliphatic heterocycles. The van der Waals surface area contributed by atoms with Gasteiger partial charge in [0.2, 0.25) is 5.91 Å². The van der Waals surface area contributed by atoms with Crippen LogP contribution in [0.15, 0.2) is 0 Å². The van der Waals surface area contributed by atoms with Gasteiger partial charge in [0.15, 0.2) is 0 Å². The van der Waals surface area contributed by atoms with Crippen LogP contribution in [0.2, 0.25) is 0 Å². The summed E-state index contributed by atoms with van der Waals surface area (Å²) in [7, 11) is 0. The van der Waals surface area contributed by atoms with Gasteiger partial charge in [0, 0.05) is 32.2 Å². The second-order valence-corrected chi connectivity index (χ2v) is 7.82. The molecule has 0 radical (unpaired) electrons. The summed E-state index contributed by atoms with van der Waals surface area (Å²) < 4.78 is 5.50. The smallest absolute Gasteiger partial charge is 0.240 e. The number of likely N-dealkylation sites (tertiary alicyclic amines) is 1. The molecule has 3 rings (SSSR count). The highest BCUT2D eigenvalue weighted by atomic mass is 16.5. The van der Waals surface area contributed by atoms with Gasteiger partial charge in [-0.2, -0.15) is 0 Å². The molecule has 0 spiro atoms. The van der Waals surface area contributed by atoms with Gasteiger partial charge in [-0.3, -0.25) is 14.6 Å². The average Bonchev–Trinajstić information content (AvgIpc) is 2.69. The van der Waals surface area contributed by atoms with Gasteiger partial charge in [-0.25, -0.2) is 0 Å². The topological polar surface area (TPSA) is 65.0 Å². The molecule has 0 aromatic rings. The lowest BCUT2D eigenvalue weighted by molar-refractivity contribution is -0.140. The minimum Gasteiger partial charge on any atom is -0.395 e. The number of morpholine rings is 1. The van der Waals surface area contributed by atoms with Crippen molar-refractivity contribution in [2.24, 2.45) is 0 Å². The van der Waals surface area contributed by atoms with Gasteiger partial charge >= 0.3 is 0 Å². The molecule has 0 unspecified atom stereocenters. The number of carbonyl (C=O) groups is 1. The number of nitrogens with one attached hydrogen (secondary N) is 1. The minimum atomic E-state index is -0.319. The first-order valence-electron chi connectivity index (χ1n) is 10.2. The highest BCUT2D eigenvalue weighted by molar-refractivity contribution is 5.86. The predicted octanol–water partition coefficient (Wildman–Crippen LogP) is 0.985. The first-order valence-corrected chi connectivity index (χ1v) is 10.2. The molecule has 6 heteroatoms. The Kier molecular flexibility index (Phi) is 7.10. The fourth-order valence-corrected chi connectivity index (χ4v) is 4.85. The summed E-state index contributed by atoms with van der Waals surface area (Å²) in [6.45, 7) is 6.00. The molecular weight excluding hydrogens is 318 g/mol. The maximum absolute atomic E-state index is 13.2. The van der Waals surface area contributed by atoms with E-state index >= 15 is 0 Å². The van der Waals surface area contributed by atoms with Crippen molar-refractivity contribution in [3.63, 3.8) is 0 Å². The fraction of sp³-hybridized carbons (Fsp3) is 0.947. The zero-order chi connectivity index (χ0) is 17.5. The number of hydrogen-bond acceptors (Lipinski definition) is 5. The van der Waals surface area contributed by atoms with Crippen molar-refractivity contribution in [2.45, 2.75) is 62.9 Å². The van der Waals surface area contributed by atoms with E-state index in [2.05, 4.69) is 15.1 Å². The monoisotopic (exact) mass is 353 g/mol. The molecule has 0 aromatic heterocycles. The van der Waals surface area contributed by atoms with Gasteiger partial charge in [0.1, 0.15) is 5.54 Å². The number of aliphatic hydroxyl groups is 1. The van der Waals surface area contributed by atoms with Crippen molar-refractivity contribution in [3.8, 4) is 0 Å². The Morgan fingerprint density at radius 3 is 2.56 bits per heavy atom. The molecule has 1 amide bonds. The molecule has 1 atom stereocenters. The number of amides is 1. The van der Waals surface area contributed by atoms with E-state index in [1.54, 1.807) is 0 Å². The molecule has 0 aromatic carbocycles. The third kappa shape index (κ3) is 4.54. The molecule has 144 valence electrons. The Hall–Kier alpha value is -0.690. The normalized spacial score (nSPS) is 28.6. The Morgan fingerprint density at radius 1 is 1.08 bits per heavy atom. The van der Waals surface area contributed by atoms with Crippen LogP contribution in [0, 0.1) is 0 Å². The number of nitrogens with zero attached hydrogens (tertiary/aromatic N) is 2. The van der Waals surface area contributed by atoms with Crippen molar-refractivity contribution in [3.05, 3.63) is 0 Å².